The number of hydrogen-bond donors (Lipinski definition) is 2. The Morgan fingerprint density at radius 3 is 2.70 bits per heavy atom. The highest BCUT2D eigenvalue weighted by atomic mass is 127. The minimum atomic E-state index is 0. The number of aryl methyl sites for hydroxylation is 1. The van der Waals surface area contributed by atoms with Crippen molar-refractivity contribution in [3.8, 4) is 0 Å². The van der Waals surface area contributed by atoms with Crippen molar-refractivity contribution in [1.82, 2.24) is 15.6 Å². The second kappa shape index (κ2) is 8.29. The molecule has 1 aliphatic rings. The molecule has 1 heterocycles. The number of benzene rings is 1. The van der Waals surface area contributed by atoms with E-state index in [1.807, 2.05) is 24.4 Å². The van der Waals surface area contributed by atoms with Gasteiger partial charge in [-0.25, -0.2) is 0 Å². The first-order chi connectivity index (χ1) is 10.8. The molecule has 1 saturated carbocycles. The van der Waals surface area contributed by atoms with Crippen LogP contribution >= 0.6 is 24.0 Å². The third-order valence-electron chi connectivity index (χ3n) is 4.09. The average molecular weight is 422 g/mol. The van der Waals surface area contributed by atoms with Crippen molar-refractivity contribution >= 4 is 29.9 Å². The van der Waals surface area contributed by atoms with Gasteiger partial charge in [0.1, 0.15) is 0 Å². The predicted molar refractivity (Wildman–Crippen MR) is 105 cm³/mol. The number of aromatic nitrogens is 1. The molecule has 0 bridgehead atoms. The first kappa shape index (κ1) is 17.7. The molecule has 0 amide bonds. The lowest BCUT2D eigenvalue weighted by Gasteiger charge is -2.12. The van der Waals surface area contributed by atoms with Gasteiger partial charge in [0.15, 0.2) is 5.96 Å². The zero-order chi connectivity index (χ0) is 15.4. The Morgan fingerprint density at radius 2 is 2.00 bits per heavy atom. The van der Waals surface area contributed by atoms with Gasteiger partial charge < -0.3 is 10.6 Å². The molecule has 0 aliphatic heterocycles. The zero-order valence-corrected chi connectivity index (χ0v) is 15.8. The Labute approximate surface area is 154 Å². The van der Waals surface area contributed by atoms with Gasteiger partial charge in [0.2, 0.25) is 0 Å². The highest BCUT2D eigenvalue weighted by molar-refractivity contribution is 14.0. The van der Waals surface area contributed by atoms with Crippen LogP contribution in [-0.4, -0.2) is 24.0 Å². The maximum absolute atomic E-state index is 4.31. The number of pyridine rings is 1. The van der Waals surface area contributed by atoms with Crippen LogP contribution in [0.25, 0.3) is 0 Å². The van der Waals surface area contributed by atoms with Gasteiger partial charge in [-0.3, -0.25) is 9.98 Å². The van der Waals surface area contributed by atoms with E-state index < -0.39 is 0 Å². The molecule has 3 rings (SSSR count). The third kappa shape index (κ3) is 4.67. The number of guanidine groups is 1. The van der Waals surface area contributed by atoms with E-state index in [2.05, 4.69) is 51.8 Å². The van der Waals surface area contributed by atoms with Crippen LogP contribution in [0.2, 0.25) is 0 Å². The summed E-state index contributed by atoms with van der Waals surface area (Å²) in [5, 5.41) is 6.82. The van der Waals surface area contributed by atoms with Gasteiger partial charge in [0, 0.05) is 25.2 Å². The van der Waals surface area contributed by atoms with Gasteiger partial charge in [-0.15, -0.1) is 24.0 Å². The van der Waals surface area contributed by atoms with Crippen LogP contribution in [0.4, 0.5) is 0 Å². The molecule has 5 heteroatoms. The smallest absolute Gasteiger partial charge is 0.191 e. The molecule has 23 heavy (non-hydrogen) atoms. The van der Waals surface area contributed by atoms with E-state index in [0.29, 0.717) is 18.5 Å². The minimum Gasteiger partial charge on any atom is -0.353 e. The number of nitrogens with one attached hydrogen (secondary N) is 2. The van der Waals surface area contributed by atoms with E-state index in [1.54, 1.807) is 7.05 Å². The standard InChI is InChI=1S/C18H22N4.HI/c1-13-7-3-4-9-15(13)16-11-17(16)22-18(19-2)21-12-14-8-5-6-10-20-14;/h3-10,16-17H,11-12H2,1-2H3,(H2,19,21,22);1H. The summed E-state index contributed by atoms with van der Waals surface area (Å²) in [5.41, 5.74) is 3.82. The largest absolute Gasteiger partial charge is 0.353 e. The van der Waals surface area contributed by atoms with E-state index >= 15 is 0 Å². The molecule has 1 aromatic heterocycles. The zero-order valence-electron chi connectivity index (χ0n) is 13.5. The van der Waals surface area contributed by atoms with Crippen LogP contribution in [0.1, 0.15) is 29.2 Å². The van der Waals surface area contributed by atoms with Crippen molar-refractivity contribution < 1.29 is 0 Å². The van der Waals surface area contributed by atoms with Gasteiger partial charge in [0.25, 0.3) is 0 Å². The third-order valence-corrected chi connectivity index (χ3v) is 4.09. The van der Waals surface area contributed by atoms with Crippen LogP contribution < -0.4 is 10.6 Å². The summed E-state index contributed by atoms with van der Waals surface area (Å²) in [4.78, 5) is 8.61. The summed E-state index contributed by atoms with van der Waals surface area (Å²) >= 11 is 0. The summed E-state index contributed by atoms with van der Waals surface area (Å²) in [6.07, 6.45) is 2.97. The van der Waals surface area contributed by atoms with Crippen molar-refractivity contribution in [1.29, 1.82) is 0 Å². The molecule has 2 aromatic rings. The second-order valence-corrected chi connectivity index (χ2v) is 5.70. The molecule has 0 radical (unpaired) electrons. The fourth-order valence-electron chi connectivity index (χ4n) is 2.75. The molecular formula is C18H23IN4. The van der Waals surface area contributed by atoms with E-state index in [0.717, 1.165) is 18.1 Å². The summed E-state index contributed by atoms with van der Waals surface area (Å²) in [7, 11) is 1.80. The topological polar surface area (TPSA) is 49.3 Å². The Kier molecular flexibility index (Phi) is 6.38. The highest BCUT2D eigenvalue weighted by Gasteiger charge is 2.39. The van der Waals surface area contributed by atoms with Crippen molar-refractivity contribution in [2.24, 2.45) is 4.99 Å². The number of nitrogens with zero attached hydrogens (tertiary/aromatic N) is 2. The maximum Gasteiger partial charge on any atom is 0.191 e. The normalized spacial score (nSPS) is 19.7. The molecule has 4 nitrogen and oxygen atoms in total. The maximum atomic E-state index is 4.31. The molecule has 1 fully saturated rings. The molecule has 2 atom stereocenters. The van der Waals surface area contributed by atoms with E-state index in [-0.39, 0.29) is 24.0 Å². The lowest BCUT2D eigenvalue weighted by atomic mass is 10.0. The van der Waals surface area contributed by atoms with Crippen LogP contribution in [0.15, 0.2) is 53.7 Å². The van der Waals surface area contributed by atoms with Crippen LogP contribution in [0, 0.1) is 6.92 Å². The molecule has 0 spiro atoms. The lowest BCUT2D eigenvalue weighted by molar-refractivity contribution is 0.778. The fourth-order valence-corrected chi connectivity index (χ4v) is 2.75. The first-order valence-electron chi connectivity index (χ1n) is 7.70. The quantitative estimate of drug-likeness (QED) is 0.452. The molecule has 2 unspecified atom stereocenters. The molecule has 2 N–H and O–H groups in total. The van der Waals surface area contributed by atoms with Crippen molar-refractivity contribution in [3.63, 3.8) is 0 Å². The van der Waals surface area contributed by atoms with E-state index in [9.17, 15) is 0 Å². The molecular weight excluding hydrogens is 399 g/mol. The van der Waals surface area contributed by atoms with Crippen molar-refractivity contribution in [3.05, 3.63) is 65.5 Å². The first-order valence-corrected chi connectivity index (χ1v) is 7.70. The van der Waals surface area contributed by atoms with Gasteiger partial charge in [-0.1, -0.05) is 30.3 Å². The molecule has 1 aromatic carbocycles. The average Bonchev–Trinajstić information content (AvgIpc) is 3.32. The Morgan fingerprint density at radius 1 is 1.22 bits per heavy atom. The number of aliphatic imine (C=N–C) groups is 1. The van der Waals surface area contributed by atoms with E-state index in [1.165, 1.54) is 11.1 Å². The highest BCUT2D eigenvalue weighted by Crippen LogP contribution is 2.41. The summed E-state index contributed by atoms with van der Waals surface area (Å²) in [6, 6.07) is 15.0. The predicted octanol–water partition coefficient (Wildman–Crippen LogP) is 3.23. The van der Waals surface area contributed by atoms with Crippen LogP contribution in [0.3, 0.4) is 0 Å². The van der Waals surface area contributed by atoms with Crippen LogP contribution in [0.5, 0.6) is 0 Å². The lowest BCUT2D eigenvalue weighted by Crippen LogP contribution is -2.38. The van der Waals surface area contributed by atoms with E-state index in [4.69, 9.17) is 0 Å². The fraction of sp³-hybridized carbons (Fsp3) is 0.333. The number of hydrogen-bond acceptors (Lipinski definition) is 2. The second-order valence-electron chi connectivity index (χ2n) is 5.70. The number of rotatable bonds is 4. The van der Waals surface area contributed by atoms with Gasteiger partial charge >= 0.3 is 0 Å². The minimum absolute atomic E-state index is 0. The molecule has 122 valence electrons. The van der Waals surface area contributed by atoms with Crippen LogP contribution in [-0.2, 0) is 6.54 Å². The Bertz CT molecular complexity index is 657. The molecule has 1 aliphatic carbocycles. The van der Waals surface area contributed by atoms with Gasteiger partial charge in [-0.2, -0.15) is 0 Å². The SMILES string of the molecule is CN=C(NCc1ccccn1)NC1CC1c1ccccc1C.I. The van der Waals surface area contributed by atoms with Crippen molar-refractivity contribution in [2.45, 2.75) is 31.8 Å². The number of halogens is 1. The summed E-state index contributed by atoms with van der Waals surface area (Å²) < 4.78 is 0. The summed E-state index contributed by atoms with van der Waals surface area (Å²) in [6.45, 7) is 2.86. The van der Waals surface area contributed by atoms with Crippen molar-refractivity contribution in [2.75, 3.05) is 7.05 Å². The molecule has 0 saturated heterocycles. The van der Waals surface area contributed by atoms with Gasteiger partial charge in [0.05, 0.1) is 12.2 Å². The summed E-state index contributed by atoms with van der Waals surface area (Å²) in [5.74, 6) is 1.43. The van der Waals surface area contributed by atoms with Gasteiger partial charge in [-0.05, 0) is 36.6 Å². The Hall–Kier alpha value is -1.63. The Balaban J connectivity index is 0.00000192. The monoisotopic (exact) mass is 422 g/mol.